The first kappa shape index (κ1) is 20.5. The number of benzene rings is 3. The lowest BCUT2D eigenvalue weighted by Crippen LogP contribution is -2.12. The van der Waals surface area contributed by atoms with Gasteiger partial charge >= 0.3 is 0 Å². The first-order valence-corrected chi connectivity index (χ1v) is 9.93. The molecule has 6 nitrogen and oxygen atoms in total. The molecule has 0 saturated heterocycles. The summed E-state index contributed by atoms with van der Waals surface area (Å²) in [6.07, 6.45) is 1.63. The molecule has 0 radical (unpaired) electrons. The number of amides is 1. The van der Waals surface area contributed by atoms with Crippen molar-refractivity contribution in [2.24, 2.45) is 0 Å². The molecule has 0 unspecified atom stereocenters. The second-order valence-electron chi connectivity index (χ2n) is 7.29. The van der Waals surface area contributed by atoms with Gasteiger partial charge in [-0.2, -0.15) is 4.98 Å². The molecular formula is C25H23N3O3. The number of aryl methyl sites for hydroxylation is 2. The zero-order valence-electron chi connectivity index (χ0n) is 17.7. The van der Waals surface area contributed by atoms with E-state index in [1.54, 1.807) is 19.4 Å². The normalized spacial score (nSPS) is 10.8. The predicted molar refractivity (Wildman–Crippen MR) is 121 cm³/mol. The molecule has 0 bridgehead atoms. The number of carbonyl (C=O) groups is 1. The van der Waals surface area contributed by atoms with E-state index in [4.69, 9.17) is 9.47 Å². The van der Waals surface area contributed by atoms with Crippen LogP contribution in [0.1, 0.15) is 27.3 Å². The largest absolute Gasteiger partial charge is 0.439 e. The van der Waals surface area contributed by atoms with Crippen molar-refractivity contribution in [1.82, 2.24) is 9.97 Å². The molecule has 0 fully saturated rings. The van der Waals surface area contributed by atoms with Gasteiger partial charge in [-0.1, -0.05) is 18.2 Å². The SMILES string of the molecule is COCc1nccc(Oc2ccc3c(C(=O)Nc4ccc(C)c(C)c4)cccc3c2)n1. The number of fused-ring (bicyclic) bond motifs is 1. The average molecular weight is 413 g/mol. The second-order valence-corrected chi connectivity index (χ2v) is 7.29. The fourth-order valence-corrected chi connectivity index (χ4v) is 3.30. The number of carbonyl (C=O) groups excluding carboxylic acids is 1. The lowest BCUT2D eigenvalue weighted by atomic mass is 10.0. The van der Waals surface area contributed by atoms with Crippen LogP contribution in [0.25, 0.3) is 10.8 Å². The molecule has 6 heteroatoms. The zero-order valence-corrected chi connectivity index (χ0v) is 17.7. The van der Waals surface area contributed by atoms with E-state index in [0.29, 0.717) is 29.6 Å². The topological polar surface area (TPSA) is 73.3 Å². The van der Waals surface area contributed by atoms with Gasteiger partial charge in [0.25, 0.3) is 5.91 Å². The Morgan fingerprint density at radius 1 is 1.00 bits per heavy atom. The Bertz CT molecular complexity index is 1250. The van der Waals surface area contributed by atoms with Crippen molar-refractivity contribution in [2.45, 2.75) is 20.5 Å². The molecule has 156 valence electrons. The Labute approximate surface area is 180 Å². The van der Waals surface area contributed by atoms with Crippen LogP contribution in [-0.4, -0.2) is 23.0 Å². The second kappa shape index (κ2) is 8.93. The summed E-state index contributed by atoms with van der Waals surface area (Å²) in [5, 5.41) is 4.74. The number of hydrogen-bond acceptors (Lipinski definition) is 5. The minimum Gasteiger partial charge on any atom is -0.439 e. The summed E-state index contributed by atoms with van der Waals surface area (Å²) in [6.45, 7) is 4.39. The van der Waals surface area contributed by atoms with Crippen LogP contribution in [0.2, 0.25) is 0 Å². The van der Waals surface area contributed by atoms with Gasteiger partial charge in [0.1, 0.15) is 12.4 Å². The third-order valence-corrected chi connectivity index (χ3v) is 5.04. The van der Waals surface area contributed by atoms with Crippen LogP contribution in [0.15, 0.2) is 66.9 Å². The Morgan fingerprint density at radius 2 is 1.87 bits per heavy atom. The molecule has 1 N–H and O–H groups in total. The molecule has 4 aromatic rings. The molecule has 0 aliphatic rings. The highest BCUT2D eigenvalue weighted by atomic mass is 16.5. The Hall–Kier alpha value is -3.77. The van der Waals surface area contributed by atoms with Gasteiger partial charge in [-0.05, 0) is 72.1 Å². The van der Waals surface area contributed by atoms with Crippen LogP contribution in [-0.2, 0) is 11.3 Å². The molecule has 1 heterocycles. The maximum Gasteiger partial charge on any atom is 0.256 e. The lowest BCUT2D eigenvalue weighted by Gasteiger charge is -2.11. The highest BCUT2D eigenvalue weighted by Crippen LogP contribution is 2.27. The van der Waals surface area contributed by atoms with Gasteiger partial charge in [0.2, 0.25) is 5.88 Å². The third kappa shape index (κ3) is 4.70. The van der Waals surface area contributed by atoms with Crippen LogP contribution in [0.5, 0.6) is 11.6 Å². The molecule has 31 heavy (non-hydrogen) atoms. The highest BCUT2D eigenvalue weighted by molar-refractivity contribution is 6.13. The average Bonchev–Trinajstić information content (AvgIpc) is 2.76. The molecule has 0 atom stereocenters. The smallest absolute Gasteiger partial charge is 0.256 e. The Kier molecular flexibility index (Phi) is 5.91. The van der Waals surface area contributed by atoms with Gasteiger partial charge in [0, 0.05) is 30.6 Å². The number of hydrogen-bond donors (Lipinski definition) is 1. The van der Waals surface area contributed by atoms with E-state index < -0.39 is 0 Å². The van der Waals surface area contributed by atoms with Gasteiger partial charge in [0.05, 0.1) is 0 Å². The van der Waals surface area contributed by atoms with E-state index >= 15 is 0 Å². The molecule has 0 aliphatic heterocycles. The maximum absolute atomic E-state index is 12.9. The minimum absolute atomic E-state index is 0.150. The third-order valence-electron chi connectivity index (χ3n) is 5.04. The van der Waals surface area contributed by atoms with Crippen molar-refractivity contribution in [2.75, 3.05) is 12.4 Å². The standard InChI is InChI=1S/C25H23N3O3/c1-16-7-8-19(13-17(16)2)27-25(29)22-6-4-5-18-14-20(9-10-21(18)22)31-24-11-12-26-23(28-24)15-30-3/h4-14H,15H2,1-3H3,(H,27,29). The quantitative estimate of drug-likeness (QED) is 0.456. The number of nitrogens with zero attached hydrogens (tertiary/aromatic N) is 2. The van der Waals surface area contributed by atoms with Gasteiger partial charge < -0.3 is 14.8 Å². The lowest BCUT2D eigenvalue weighted by molar-refractivity contribution is 0.102. The summed E-state index contributed by atoms with van der Waals surface area (Å²) in [5.74, 6) is 1.46. The Morgan fingerprint density at radius 3 is 2.68 bits per heavy atom. The van der Waals surface area contributed by atoms with Gasteiger partial charge in [0.15, 0.2) is 5.82 Å². The van der Waals surface area contributed by atoms with E-state index in [9.17, 15) is 4.79 Å². The van der Waals surface area contributed by atoms with E-state index in [0.717, 1.165) is 22.0 Å². The minimum atomic E-state index is -0.150. The fourth-order valence-electron chi connectivity index (χ4n) is 3.30. The summed E-state index contributed by atoms with van der Waals surface area (Å²) in [4.78, 5) is 21.4. The molecule has 1 aromatic heterocycles. The maximum atomic E-state index is 12.9. The van der Waals surface area contributed by atoms with Crippen molar-refractivity contribution < 1.29 is 14.3 Å². The van der Waals surface area contributed by atoms with E-state index in [1.165, 1.54) is 5.56 Å². The number of anilines is 1. The van der Waals surface area contributed by atoms with E-state index in [2.05, 4.69) is 15.3 Å². The molecule has 4 rings (SSSR count). The van der Waals surface area contributed by atoms with Crippen LogP contribution >= 0.6 is 0 Å². The van der Waals surface area contributed by atoms with Crippen LogP contribution in [0.4, 0.5) is 5.69 Å². The summed E-state index contributed by atoms with van der Waals surface area (Å²) in [7, 11) is 1.59. The first-order chi connectivity index (χ1) is 15.0. The first-order valence-electron chi connectivity index (χ1n) is 9.93. The van der Waals surface area contributed by atoms with E-state index in [-0.39, 0.29) is 5.91 Å². The summed E-state index contributed by atoms with van der Waals surface area (Å²) < 4.78 is 10.9. The monoisotopic (exact) mass is 413 g/mol. The van der Waals surface area contributed by atoms with Gasteiger partial charge in [-0.15, -0.1) is 0 Å². The summed E-state index contributed by atoms with van der Waals surface area (Å²) in [6, 6.07) is 18.8. The van der Waals surface area contributed by atoms with Crippen molar-refractivity contribution in [3.63, 3.8) is 0 Å². The fraction of sp³-hybridized carbons (Fsp3) is 0.160. The predicted octanol–water partition coefficient (Wildman–Crippen LogP) is 5.44. The van der Waals surface area contributed by atoms with Crippen LogP contribution in [0.3, 0.4) is 0 Å². The highest BCUT2D eigenvalue weighted by Gasteiger charge is 2.12. The number of aromatic nitrogens is 2. The Balaban J connectivity index is 1.58. The number of nitrogens with one attached hydrogen (secondary N) is 1. The van der Waals surface area contributed by atoms with Crippen molar-refractivity contribution in [3.05, 3.63) is 89.4 Å². The van der Waals surface area contributed by atoms with Gasteiger partial charge in [-0.25, -0.2) is 4.98 Å². The summed E-state index contributed by atoms with van der Waals surface area (Å²) >= 11 is 0. The van der Waals surface area contributed by atoms with Crippen molar-refractivity contribution in [3.8, 4) is 11.6 Å². The zero-order chi connectivity index (χ0) is 21.8. The van der Waals surface area contributed by atoms with Crippen LogP contribution < -0.4 is 10.1 Å². The number of ether oxygens (including phenoxy) is 2. The molecule has 0 spiro atoms. The molecular weight excluding hydrogens is 390 g/mol. The van der Waals surface area contributed by atoms with Gasteiger partial charge in [-0.3, -0.25) is 4.79 Å². The van der Waals surface area contributed by atoms with Crippen molar-refractivity contribution >= 4 is 22.4 Å². The number of rotatable bonds is 6. The van der Waals surface area contributed by atoms with E-state index in [1.807, 2.05) is 68.4 Å². The molecule has 3 aromatic carbocycles. The molecule has 1 amide bonds. The van der Waals surface area contributed by atoms with Crippen molar-refractivity contribution in [1.29, 1.82) is 0 Å². The molecule has 0 aliphatic carbocycles. The molecule has 0 saturated carbocycles. The summed E-state index contributed by atoms with van der Waals surface area (Å²) in [5.41, 5.74) is 3.71. The number of methoxy groups -OCH3 is 1. The van der Waals surface area contributed by atoms with Crippen LogP contribution in [0, 0.1) is 13.8 Å².